The zero-order valence-electron chi connectivity index (χ0n) is 14.8. The Morgan fingerprint density at radius 2 is 2.04 bits per heavy atom. The lowest BCUT2D eigenvalue weighted by Gasteiger charge is -2.18. The molecule has 2 aromatic rings. The van der Waals surface area contributed by atoms with Crippen LogP contribution >= 0.6 is 34.9 Å². The smallest absolute Gasteiger partial charge is 0.235 e. The number of carbonyl (C=O) groups excluding carboxylic acids is 1. The molecule has 0 spiro atoms. The monoisotopic (exact) mass is 408 g/mol. The third kappa shape index (κ3) is 6.20. The fourth-order valence-corrected chi connectivity index (χ4v) is 5.24. The number of carbonyl (C=O) groups is 1. The van der Waals surface area contributed by atoms with Gasteiger partial charge >= 0.3 is 0 Å². The first kappa shape index (κ1) is 20.6. The average Bonchev–Trinajstić information content (AvgIpc) is 3.11. The van der Waals surface area contributed by atoms with Gasteiger partial charge in [-0.25, -0.2) is 0 Å². The molecule has 1 aromatic carbocycles. The van der Waals surface area contributed by atoms with E-state index in [1.807, 2.05) is 37.3 Å². The Morgan fingerprint density at radius 1 is 1.35 bits per heavy atom. The van der Waals surface area contributed by atoms with Gasteiger partial charge in [-0.1, -0.05) is 47.0 Å². The molecule has 1 aromatic heterocycles. The summed E-state index contributed by atoms with van der Waals surface area (Å²) in [6, 6.07) is 9.98. The normalized spacial score (nSPS) is 11.6. The molecule has 0 aliphatic heterocycles. The molecule has 0 fully saturated rings. The molecule has 0 aliphatic carbocycles. The molecule has 0 N–H and O–H groups in total. The highest BCUT2D eigenvalue weighted by atomic mass is 32.2. The summed E-state index contributed by atoms with van der Waals surface area (Å²) in [4.78, 5) is 13.8. The summed E-state index contributed by atoms with van der Waals surface area (Å²) in [5.41, 5.74) is 1.18. The molecule has 0 radical (unpaired) electrons. The first-order valence-corrected chi connectivity index (χ1v) is 10.6. The second kappa shape index (κ2) is 10.4. The minimum Gasteiger partial charge on any atom is -0.497 e. The Labute approximate surface area is 165 Å². The summed E-state index contributed by atoms with van der Waals surface area (Å²) in [5.74, 6) is 1.63. The number of rotatable bonds is 9. The maximum Gasteiger partial charge on any atom is 0.235 e. The maximum atomic E-state index is 12.3. The van der Waals surface area contributed by atoms with Crippen molar-refractivity contribution in [2.45, 2.75) is 33.0 Å². The van der Waals surface area contributed by atoms with Crippen molar-refractivity contribution in [2.75, 3.05) is 20.7 Å². The van der Waals surface area contributed by atoms with Gasteiger partial charge in [-0.3, -0.25) is 4.79 Å². The molecule has 26 heavy (non-hydrogen) atoms. The maximum absolute atomic E-state index is 12.3. The number of nitriles is 1. The van der Waals surface area contributed by atoms with Crippen LogP contribution in [-0.2, 0) is 10.5 Å². The van der Waals surface area contributed by atoms with Crippen LogP contribution in [0, 0.1) is 11.3 Å². The number of aromatic nitrogens is 2. The van der Waals surface area contributed by atoms with E-state index in [0.29, 0.717) is 13.0 Å². The zero-order valence-corrected chi connectivity index (χ0v) is 17.3. The van der Waals surface area contributed by atoms with E-state index in [-0.39, 0.29) is 11.2 Å². The van der Waals surface area contributed by atoms with Gasteiger partial charge in [0.05, 0.1) is 24.8 Å². The van der Waals surface area contributed by atoms with Gasteiger partial charge in [-0.2, -0.15) is 5.26 Å². The Hall–Kier alpha value is -1.76. The first-order chi connectivity index (χ1) is 12.5. The third-order valence-corrected chi connectivity index (χ3v) is 6.77. The fraction of sp³-hybridized carbons (Fsp3) is 0.412. The molecular weight excluding hydrogens is 388 g/mol. The predicted molar refractivity (Wildman–Crippen MR) is 106 cm³/mol. The van der Waals surface area contributed by atoms with Gasteiger partial charge in [0.15, 0.2) is 8.68 Å². The average molecular weight is 409 g/mol. The summed E-state index contributed by atoms with van der Waals surface area (Å²) in [6.07, 6.45) is 0.338. The summed E-state index contributed by atoms with van der Waals surface area (Å²) in [7, 11) is 3.37. The van der Waals surface area contributed by atoms with Crippen molar-refractivity contribution in [2.24, 2.45) is 0 Å². The number of nitrogens with zero attached hydrogens (tertiary/aromatic N) is 4. The second-order valence-electron chi connectivity index (χ2n) is 5.40. The van der Waals surface area contributed by atoms with Gasteiger partial charge in [0.25, 0.3) is 0 Å². The lowest BCUT2D eigenvalue weighted by molar-refractivity contribution is -0.128. The molecular formula is C17H20N4O2S3. The van der Waals surface area contributed by atoms with Crippen LogP contribution in [-0.4, -0.2) is 47.0 Å². The van der Waals surface area contributed by atoms with Crippen molar-refractivity contribution in [3.05, 3.63) is 29.8 Å². The van der Waals surface area contributed by atoms with E-state index in [1.165, 1.54) is 28.7 Å². The molecule has 1 amide bonds. The highest BCUT2D eigenvalue weighted by Crippen LogP contribution is 2.33. The summed E-state index contributed by atoms with van der Waals surface area (Å²) < 4.78 is 6.80. The van der Waals surface area contributed by atoms with Crippen LogP contribution in [0.4, 0.5) is 0 Å². The summed E-state index contributed by atoms with van der Waals surface area (Å²) in [5, 5.41) is 16.7. The Kier molecular flexibility index (Phi) is 8.22. The van der Waals surface area contributed by atoms with E-state index < -0.39 is 0 Å². The van der Waals surface area contributed by atoms with E-state index in [4.69, 9.17) is 10.00 Å². The minimum atomic E-state index is -0.258. The highest BCUT2D eigenvalue weighted by molar-refractivity contribution is 8.03. The van der Waals surface area contributed by atoms with Crippen LogP contribution in [0.15, 0.2) is 32.9 Å². The Morgan fingerprint density at radius 3 is 2.69 bits per heavy atom. The number of methoxy groups -OCH3 is 1. The van der Waals surface area contributed by atoms with Gasteiger partial charge in [0, 0.05) is 19.3 Å². The zero-order chi connectivity index (χ0) is 18.9. The van der Waals surface area contributed by atoms with Crippen LogP contribution in [0.25, 0.3) is 0 Å². The van der Waals surface area contributed by atoms with Gasteiger partial charge in [0.1, 0.15) is 5.75 Å². The molecule has 6 nitrogen and oxygen atoms in total. The summed E-state index contributed by atoms with van der Waals surface area (Å²) in [6.45, 7) is 2.29. The van der Waals surface area contributed by atoms with Gasteiger partial charge in [0.2, 0.25) is 5.91 Å². The minimum absolute atomic E-state index is 0.00659. The molecule has 0 saturated carbocycles. The van der Waals surface area contributed by atoms with Crippen LogP contribution in [0.2, 0.25) is 0 Å². The van der Waals surface area contributed by atoms with E-state index in [9.17, 15) is 4.79 Å². The van der Waals surface area contributed by atoms with Crippen molar-refractivity contribution < 1.29 is 9.53 Å². The molecule has 0 unspecified atom stereocenters. The standard InChI is InChI=1S/C17H20N4O2S3/c1-12(15(22)21(2)10-4-9-18)25-17-20-19-16(26-17)24-11-13-5-7-14(23-3)8-6-13/h5-8,12H,4,10-11H2,1-3H3/t12-/m0/s1. The molecule has 0 saturated heterocycles. The molecule has 138 valence electrons. The second-order valence-corrected chi connectivity index (χ2v) is 9.19. The van der Waals surface area contributed by atoms with Crippen molar-refractivity contribution in [1.29, 1.82) is 5.26 Å². The van der Waals surface area contributed by atoms with Crippen molar-refractivity contribution in [3.8, 4) is 11.8 Å². The molecule has 9 heteroatoms. The predicted octanol–water partition coefficient (Wildman–Crippen LogP) is 3.69. The van der Waals surface area contributed by atoms with Gasteiger partial charge < -0.3 is 9.64 Å². The van der Waals surface area contributed by atoms with Crippen LogP contribution in [0.1, 0.15) is 18.9 Å². The Balaban J connectivity index is 1.84. The molecule has 0 bridgehead atoms. The fourth-order valence-electron chi connectivity index (χ4n) is 2.01. The largest absolute Gasteiger partial charge is 0.497 e. The van der Waals surface area contributed by atoms with Gasteiger partial charge in [-0.15, -0.1) is 10.2 Å². The third-order valence-electron chi connectivity index (χ3n) is 3.47. The van der Waals surface area contributed by atoms with Crippen molar-refractivity contribution in [1.82, 2.24) is 15.1 Å². The Bertz CT molecular complexity index is 758. The number of hydrogen-bond donors (Lipinski definition) is 0. The molecule has 0 aliphatic rings. The van der Waals surface area contributed by atoms with Crippen LogP contribution in [0.3, 0.4) is 0 Å². The number of amides is 1. The highest BCUT2D eigenvalue weighted by Gasteiger charge is 2.20. The first-order valence-electron chi connectivity index (χ1n) is 7.91. The lowest BCUT2D eigenvalue weighted by Crippen LogP contribution is -2.33. The van der Waals surface area contributed by atoms with E-state index >= 15 is 0 Å². The molecule has 2 rings (SSSR count). The molecule has 1 atom stereocenters. The molecule has 1 heterocycles. The van der Waals surface area contributed by atoms with E-state index in [2.05, 4.69) is 10.2 Å². The number of benzene rings is 1. The topological polar surface area (TPSA) is 79.1 Å². The summed E-state index contributed by atoms with van der Waals surface area (Å²) >= 11 is 4.51. The quantitative estimate of drug-likeness (QED) is 0.585. The van der Waals surface area contributed by atoms with Crippen LogP contribution in [0.5, 0.6) is 5.75 Å². The van der Waals surface area contributed by atoms with Crippen molar-refractivity contribution in [3.63, 3.8) is 0 Å². The van der Waals surface area contributed by atoms with Crippen LogP contribution < -0.4 is 4.74 Å². The SMILES string of the molecule is COc1ccc(CSc2nnc(S[C@@H](C)C(=O)N(C)CCC#N)s2)cc1. The van der Waals surface area contributed by atoms with Gasteiger partial charge in [-0.05, 0) is 24.6 Å². The number of thioether (sulfide) groups is 2. The lowest BCUT2D eigenvalue weighted by atomic mass is 10.2. The van der Waals surface area contributed by atoms with E-state index in [1.54, 1.807) is 30.8 Å². The number of hydrogen-bond acceptors (Lipinski definition) is 8. The van der Waals surface area contributed by atoms with E-state index in [0.717, 1.165) is 20.2 Å². The number of ether oxygens (including phenoxy) is 1. The van der Waals surface area contributed by atoms with Crippen molar-refractivity contribution >= 4 is 40.8 Å².